The maximum atomic E-state index is 12.1. The second-order valence-electron chi connectivity index (χ2n) is 5.54. The van der Waals surface area contributed by atoms with E-state index in [4.69, 9.17) is 4.42 Å². The van der Waals surface area contributed by atoms with Gasteiger partial charge in [-0.05, 0) is 30.2 Å². The average Bonchev–Trinajstić information content (AvgIpc) is 3.15. The van der Waals surface area contributed by atoms with Gasteiger partial charge < -0.3 is 9.73 Å². The standard InChI is InChI=1S/C18H16N4O4S/c1-2-12-6-5-7-13(10-12)19-16(23)11-27-18-21-20-17(26-18)14-8-3-4-9-15(14)22(24)25/h3-10H,2,11H2,1H3,(H,19,23). The lowest BCUT2D eigenvalue weighted by atomic mass is 10.1. The molecular formula is C18H16N4O4S. The second-order valence-corrected chi connectivity index (χ2v) is 6.46. The minimum absolute atomic E-state index is 0.0425. The number of aryl methyl sites for hydroxylation is 1. The van der Waals surface area contributed by atoms with E-state index < -0.39 is 4.92 Å². The van der Waals surface area contributed by atoms with Crippen LogP contribution >= 0.6 is 11.8 Å². The number of aromatic nitrogens is 2. The Balaban J connectivity index is 1.63. The van der Waals surface area contributed by atoms with Gasteiger partial charge in [-0.2, -0.15) is 0 Å². The summed E-state index contributed by atoms with van der Waals surface area (Å²) in [6.45, 7) is 2.04. The Hall–Kier alpha value is -3.20. The largest absolute Gasteiger partial charge is 0.411 e. The van der Waals surface area contributed by atoms with Crippen molar-refractivity contribution in [1.29, 1.82) is 0 Å². The van der Waals surface area contributed by atoms with Gasteiger partial charge in [-0.1, -0.05) is 43.0 Å². The first-order valence-electron chi connectivity index (χ1n) is 8.15. The summed E-state index contributed by atoms with van der Waals surface area (Å²) in [6, 6.07) is 13.7. The molecule has 1 amide bonds. The molecule has 0 bridgehead atoms. The van der Waals surface area contributed by atoms with Crippen LogP contribution in [-0.2, 0) is 11.2 Å². The second kappa shape index (κ2) is 8.45. The minimum Gasteiger partial charge on any atom is -0.411 e. The van der Waals surface area contributed by atoms with E-state index in [1.165, 1.54) is 12.1 Å². The van der Waals surface area contributed by atoms with Gasteiger partial charge in [0.05, 0.1) is 10.7 Å². The number of nitro benzene ring substituents is 1. The number of thioether (sulfide) groups is 1. The summed E-state index contributed by atoms with van der Waals surface area (Å²) < 4.78 is 5.45. The molecule has 8 nitrogen and oxygen atoms in total. The van der Waals surface area contributed by atoms with E-state index in [1.54, 1.807) is 12.1 Å². The zero-order valence-corrected chi connectivity index (χ0v) is 15.2. The Morgan fingerprint density at radius 3 is 2.81 bits per heavy atom. The van der Waals surface area contributed by atoms with E-state index in [1.807, 2.05) is 31.2 Å². The zero-order valence-electron chi connectivity index (χ0n) is 14.4. The van der Waals surface area contributed by atoms with Crippen molar-refractivity contribution in [3.8, 4) is 11.5 Å². The number of para-hydroxylation sites is 1. The van der Waals surface area contributed by atoms with E-state index in [2.05, 4.69) is 15.5 Å². The van der Waals surface area contributed by atoms with E-state index in [0.29, 0.717) is 0 Å². The first-order valence-corrected chi connectivity index (χ1v) is 9.14. The molecule has 0 atom stereocenters. The van der Waals surface area contributed by atoms with Crippen molar-refractivity contribution in [3.63, 3.8) is 0 Å². The molecule has 0 spiro atoms. The number of nitrogens with one attached hydrogen (secondary N) is 1. The Morgan fingerprint density at radius 1 is 1.22 bits per heavy atom. The zero-order chi connectivity index (χ0) is 19.2. The van der Waals surface area contributed by atoms with Gasteiger partial charge in [-0.25, -0.2) is 0 Å². The van der Waals surface area contributed by atoms with Crippen LogP contribution in [0.5, 0.6) is 0 Å². The lowest BCUT2D eigenvalue weighted by molar-refractivity contribution is -0.384. The third-order valence-corrected chi connectivity index (χ3v) is 4.50. The molecule has 0 aliphatic carbocycles. The van der Waals surface area contributed by atoms with Gasteiger partial charge in [0.25, 0.3) is 16.8 Å². The molecule has 138 valence electrons. The molecule has 0 radical (unpaired) electrons. The van der Waals surface area contributed by atoms with Crippen LogP contribution in [0.15, 0.2) is 58.2 Å². The molecule has 1 N–H and O–H groups in total. The summed E-state index contributed by atoms with van der Waals surface area (Å²) in [7, 11) is 0. The average molecular weight is 384 g/mol. The highest BCUT2D eigenvalue weighted by Crippen LogP contribution is 2.30. The molecule has 0 aliphatic rings. The van der Waals surface area contributed by atoms with Gasteiger partial charge in [-0.15, -0.1) is 10.2 Å². The molecule has 9 heteroatoms. The maximum absolute atomic E-state index is 12.1. The van der Waals surface area contributed by atoms with Crippen LogP contribution in [0.4, 0.5) is 11.4 Å². The smallest absolute Gasteiger partial charge is 0.282 e. The van der Waals surface area contributed by atoms with Crippen LogP contribution in [0.1, 0.15) is 12.5 Å². The molecule has 3 aromatic rings. The normalized spacial score (nSPS) is 10.6. The number of hydrogen-bond acceptors (Lipinski definition) is 7. The van der Waals surface area contributed by atoms with E-state index >= 15 is 0 Å². The Bertz CT molecular complexity index is 973. The van der Waals surface area contributed by atoms with Crippen molar-refractivity contribution in [2.24, 2.45) is 0 Å². The number of nitro groups is 1. The number of carbonyl (C=O) groups excluding carboxylic acids is 1. The Morgan fingerprint density at radius 2 is 2.04 bits per heavy atom. The molecule has 27 heavy (non-hydrogen) atoms. The number of hydrogen-bond donors (Lipinski definition) is 1. The van der Waals surface area contributed by atoms with Crippen LogP contribution in [0, 0.1) is 10.1 Å². The molecule has 0 saturated carbocycles. The SMILES string of the molecule is CCc1cccc(NC(=O)CSc2nnc(-c3ccccc3[N+](=O)[O-])o2)c1. The number of anilines is 1. The van der Waals surface area contributed by atoms with Gasteiger partial charge in [0.1, 0.15) is 5.56 Å². The fourth-order valence-electron chi connectivity index (χ4n) is 2.38. The van der Waals surface area contributed by atoms with Gasteiger partial charge in [0.15, 0.2) is 0 Å². The predicted octanol–water partition coefficient (Wildman–Crippen LogP) is 3.94. The molecule has 1 aromatic heterocycles. The summed E-state index contributed by atoms with van der Waals surface area (Å²) in [5.74, 6) is -0.0888. The van der Waals surface area contributed by atoms with Gasteiger partial charge in [-0.3, -0.25) is 14.9 Å². The third kappa shape index (κ3) is 4.70. The first-order chi connectivity index (χ1) is 13.1. The third-order valence-electron chi connectivity index (χ3n) is 3.68. The molecule has 1 heterocycles. The lowest BCUT2D eigenvalue weighted by Crippen LogP contribution is -2.14. The summed E-state index contributed by atoms with van der Waals surface area (Å²) in [4.78, 5) is 22.7. The van der Waals surface area contributed by atoms with Crippen LogP contribution in [0.25, 0.3) is 11.5 Å². The number of benzene rings is 2. The summed E-state index contributed by atoms with van der Waals surface area (Å²) >= 11 is 1.07. The van der Waals surface area contributed by atoms with E-state index in [0.717, 1.165) is 29.4 Å². The molecular weight excluding hydrogens is 368 g/mol. The highest BCUT2D eigenvalue weighted by molar-refractivity contribution is 7.99. The van der Waals surface area contributed by atoms with Crippen molar-refractivity contribution in [1.82, 2.24) is 10.2 Å². The summed E-state index contributed by atoms with van der Waals surface area (Å²) in [6.07, 6.45) is 0.884. The monoisotopic (exact) mass is 384 g/mol. The van der Waals surface area contributed by atoms with Gasteiger partial charge in [0, 0.05) is 11.8 Å². The predicted molar refractivity (Wildman–Crippen MR) is 102 cm³/mol. The topological polar surface area (TPSA) is 111 Å². The quantitative estimate of drug-likeness (QED) is 0.373. The van der Waals surface area contributed by atoms with E-state index in [9.17, 15) is 14.9 Å². The number of amides is 1. The molecule has 2 aromatic carbocycles. The van der Waals surface area contributed by atoms with Crippen LogP contribution in [0.2, 0.25) is 0 Å². The fraction of sp³-hybridized carbons (Fsp3) is 0.167. The number of nitrogens with zero attached hydrogens (tertiary/aromatic N) is 3. The van der Waals surface area contributed by atoms with Crippen molar-refractivity contribution in [2.45, 2.75) is 18.6 Å². The van der Waals surface area contributed by atoms with Crippen molar-refractivity contribution in [3.05, 3.63) is 64.2 Å². The fourth-order valence-corrected chi connectivity index (χ4v) is 2.95. The molecule has 0 saturated heterocycles. The Kier molecular flexibility index (Phi) is 5.82. The van der Waals surface area contributed by atoms with Gasteiger partial charge >= 0.3 is 0 Å². The Labute approximate surface area is 159 Å². The molecule has 3 rings (SSSR count). The number of carbonyl (C=O) groups is 1. The molecule has 0 fully saturated rings. The van der Waals surface area contributed by atoms with Crippen molar-refractivity contribution < 1.29 is 14.1 Å². The van der Waals surface area contributed by atoms with Gasteiger partial charge in [0.2, 0.25) is 5.91 Å². The summed E-state index contributed by atoms with van der Waals surface area (Å²) in [5.41, 5.74) is 1.98. The maximum Gasteiger partial charge on any atom is 0.282 e. The molecule has 0 aliphatic heterocycles. The van der Waals surface area contributed by atoms with Crippen molar-refractivity contribution >= 4 is 29.0 Å². The van der Waals surface area contributed by atoms with Crippen LogP contribution in [0.3, 0.4) is 0 Å². The van der Waals surface area contributed by atoms with Crippen molar-refractivity contribution in [2.75, 3.05) is 11.1 Å². The summed E-state index contributed by atoms with van der Waals surface area (Å²) in [5, 5.41) is 21.8. The lowest BCUT2D eigenvalue weighted by Gasteiger charge is -2.05. The van der Waals surface area contributed by atoms with Crippen LogP contribution < -0.4 is 5.32 Å². The minimum atomic E-state index is -0.510. The highest BCUT2D eigenvalue weighted by Gasteiger charge is 2.20. The number of rotatable bonds is 7. The highest BCUT2D eigenvalue weighted by atomic mass is 32.2. The first kappa shape index (κ1) is 18.6. The van der Waals surface area contributed by atoms with E-state index in [-0.39, 0.29) is 34.0 Å². The molecule has 0 unspecified atom stereocenters. The van der Waals surface area contributed by atoms with Crippen LogP contribution in [-0.4, -0.2) is 26.8 Å².